The second-order valence-corrected chi connectivity index (χ2v) is 4.90. The van der Waals surface area contributed by atoms with Gasteiger partial charge in [-0.3, -0.25) is 0 Å². The third-order valence-corrected chi connectivity index (χ3v) is 3.49. The first-order valence-electron chi connectivity index (χ1n) is 5.97. The minimum atomic E-state index is 0.0492. The Kier molecular flexibility index (Phi) is 2.83. The third-order valence-electron chi connectivity index (χ3n) is 3.49. The standard InChI is InChI=1S/C12H21N3/c1-4-8-5-6-9-11(8)15-12(14-9)10(13)7(2)3/h7-8,10H,4-6,13H2,1-3H3,(H,14,15)/t8?,10-/m0/s1. The highest BCUT2D eigenvalue weighted by molar-refractivity contribution is 5.25. The van der Waals surface area contributed by atoms with Crippen LogP contribution in [0.1, 0.15) is 62.8 Å². The predicted molar refractivity (Wildman–Crippen MR) is 61.7 cm³/mol. The summed E-state index contributed by atoms with van der Waals surface area (Å²) in [6.07, 6.45) is 3.59. The van der Waals surface area contributed by atoms with Gasteiger partial charge in [0.15, 0.2) is 0 Å². The maximum absolute atomic E-state index is 6.09. The van der Waals surface area contributed by atoms with Crippen molar-refractivity contribution in [3.8, 4) is 0 Å². The summed E-state index contributed by atoms with van der Waals surface area (Å²) in [5, 5.41) is 0. The number of nitrogens with one attached hydrogen (secondary N) is 1. The monoisotopic (exact) mass is 207 g/mol. The van der Waals surface area contributed by atoms with E-state index in [9.17, 15) is 0 Å². The van der Waals surface area contributed by atoms with Crippen molar-refractivity contribution in [3.63, 3.8) is 0 Å². The molecule has 1 aliphatic rings. The molecule has 15 heavy (non-hydrogen) atoms. The molecule has 0 amide bonds. The quantitative estimate of drug-likeness (QED) is 0.800. The van der Waals surface area contributed by atoms with E-state index in [4.69, 9.17) is 5.73 Å². The van der Waals surface area contributed by atoms with E-state index >= 15 is 0 Å². The molecule has 2 atom stereocenters. The molecule has 0 radical (unpaired) electrons. The van der Waals surface area contributed by atoms with Crippen LogP contribution in [0.4, 0.5) is 0 Å². The van der Waals surface area contributed by atoms with Gasteiger partial charge in [0.2, 0.25) is 0 Å². The Morgan fingerprint density at radius 2 is 2.27 bits per heavy atom. The van der Waals surface area contributed by atoms with Crippen LogP contribution in [-0.4, -0.2) is 9.97 Å². The molecular formula is C12H21N3. The number of nitrogens with two attached hydrogens (primary N) is 1. The van der Waals surface area contributed by atoms with Gasteiger partial charge in [-0.05, 0) is 25.2 Å². The number of H-pyrrole nitrogens is 1. The smallest absolute Gasteiger partial charge is 0.123 e. The molecule has 1 heterocycles. The summed E-state index contributed by atoms with van der Waals surface area (Å²) in [5.74, 6) is 2.08. The van der Waals surface area contributed by atoms with Crippen LogP contribution in [0.25, 0.3) is 0 Å². The molecule has 1 aliphatic carbocycles. The number of imidazole rings is 1. The van der Waals surface area contributed by atoms with Crippen molar-refractivity contribution in [3.05, 3.63) is 17.2 Å². The Balaban J connectivity index is 2.24. The van der Waals surface area contributed by atoms with Crippen LogP contribution in [-0.2, 0) is 6.42 Å². The summed E-state index contributed by atoms with van der Waals surface area (Å²) < 4.78 is 0. The first-order chi connectivity index (χ1) is 7.13. The van der Waals surface area contributed by atoms with Crippen LogP contribution in [0.5, 0.6) is 0 Å². The zero-order chi connectivity index (χ0) is 11.0. The Morgan fingerprint density at radius 1 is 1.53 bits per heavy atom. The molecular weight excluding hydrogens is 186 g/mol. The lowest BCUT2D eigenvalue weighted by Crippen LogP contribution is -2.18. The highest BCUT2D eigenvalue weighted by Crippen LogP contribution is 2.34. The van der Waals surface area contributed by atoms with E-state index in [-0.39, 0.29) is 6.04 Å². The van der Waals surface area contributed by atoms with E-state index in [0.717, 1.165) is 12.2 Å². The molecule has 0 aliphatic heterocycles. The van der Waals surface area contributed by atoms with Crippen molar-refractivity contribution in [2.45, 2.75) is 52.0 Å². The van der Waals surface area contributed by atoms with E-state index in [2.05, 4.69) is 30.7 Å². The van der Waals surface area contributed by atoms with Gasteiger partial charge in [-0.1, -0.05) is 20.8 Å². The van der Waals surface area contributed by atoms with Crippen molar-refractivity contribution in [2.75, 3.05) is 0 Å². The van der Waals surface area contributed by atoms with Gasteiger partial charge in [-0.15, -0.1) is 0 Å². The number of nitrogens with zero attached hydrogens (tertiary/aromatic N) is 1. The fourth-order valence-corrected chi connectivity index (χ4v) is 2.30. The van der Waals surface area contributed by atoms with Gasteiger partial charge in [-0.2, -0.15) is 0 Å². The molecule has 84 valence electrons. The van der Waals surface area contributed by atoms with Crippen molar-refractivity contribution in [1.29, 1.82) is 0 Å². The number of fused-ring (bicyclic) bond motifs is 1. The van der Waals surface area contributed by atoms with Gasteiger partial charge >= 0.3 is 0 Å². The van der Waals surface area contributed by atoms with Crippen molar-refractivity contribution in [2.24, 2.45) is 11.7 Å². The Morgan fingerprint density at radius 3 is 2.87 bits per heavy atom. The van der Waals surface area contributed by atoms with Crippen LogP contribution < -0.4 is 5.73 Å². The molecule has 0 bridgehead atoms. The van der Waals surface area contributed by atoms with E-state index in [1.54, 1.807) is 0 Å². The lowest BCUT2D eigenvalue weighted by molar-refractivity contribution is 0.489. The summed E-state index contributed by atoms with van der Waals surface area (Å²) >= 11 is 0. The average Bonchev–Trinajstić information content (AvgIpc) is 2.74. The molecule has 3 heteroatoms. The Hall–Kier alpha value is -0.830. The summed E-state index contributed by atoms with van der Waals surface area (Å²) in [4.78, 5) is 8.09. The van der Waals surface area contributed by atoms with Crippen LogP contribution in [0.15, 0.2) is 0 Å². The molecule has 0 fully saturated rings. The Bertz CT molecular complexity index is 341. The van der Waals surface area contributed by atoms with Crippen molar-refractivity contribution >= 4 is 0 Å². The minimum Gasteiger partial charge on any atom is -0.344 e. The third kappa shape index (κ3) is 1.81. The maximum atomic E-state index is 6.09. The topological polar surface area (TPSA) is 54.7 Å². The zero-order valence-corrected chi connectivity index (χ0v) is 9.88. The highest BCUT2D eigenvalue weighted by atomic mass is 15.0. The number of aromatic nitrogens is 2. The second kappa shape index (κ2) is 3.97. The van der Waals surface area contributed by atoms with Gasteiger partial charge in [0, 0.05) is 11.6 Å². The van der Waals surface area contributed by atoms with Crippen LogP contribution in [0.2, 0.25) is 0 Å². The normalized spacial score (nSPS) is 22.1. The van der Waals surface area contributed by atoms with Crippen LogP contribution in [0, 0.1) is 5.92 Å². The molecule has 0 saturated heterocycles. The molecule has 1 unspecified atom stereocenters. The lowest BCUT2D eigenvalue weighted by Gasteiger charge is -2.13. The largest absolute Gasteiger partial charge is 0.344 e. The van der Waals surface area contributed by atoms with E-state index < -0.39 is 0 Å². The lowest BCUT2D eigenvalue weighted by atomic mass is 10.0. The van der Waals surface area contributed by atoms with E-state index in [0.29, 0.717) is 11.8 Å². The zero-order valence-electron chi connectivity index (χ0n) is 9.88. The Labute approximate surface area is 91.5 Å². The van der Waals surface area contributed by atoms with Crippen molar-refractivity contribution in [1.82, 2.24) is 9.97 Å². The van der Waals surface area contributed by atoms with Crippen LogP contribution in [0.3, 0.4) is 0 Å². The molecule has 2 rings (SSSR count). The molecule has 1 aromatic heterocycles. The van der Waals surface area contributed by atoms with Crippen LogP contribution >= 0.6 is 0 Å². The first-order valence-corrected chi connectivity index (χ1v) is 5.97. The number of hydrogen-bond donors (Lipinski definition) is 2. The second-order valence-electron chi connectivity index (χ2n) is 4.90. The number of aryl methyl sites for hydroxylation is 1. The average molecular weight is 207 g/mol. The predicted octanol–water partition coefficient (Wildman–Crippen LogP) is 2.51. The number of rotatable bonds is 3. The number of aromatic amines is 1. The fourth-order valence-electron chi connectivity index (χ4n) is 2.30. The van der Waals surface area contributed by atoms with Gasteiger partial charge in [0.25, 0.3) is 0 Å². The fraction of sp³-hybridized carbons (Fsp3) is 0.750. The van der Waals surface area contributed by atoms with Gasteiger partial charge in [-0.25, -0.2) is 4.98 Å². The van der Waals surface area contributed by atoms with Crippen molar-refractivity contribution < 1.29 is 0 Å². The maximum Gasteiger partial charge on any atom is 0.123 e. The minimum absolute atomic E-state index is 0.0492. The van der Waals surface area contributed by atoms with Gasteiger partial charge in [0.05, 0.1) is 11.7 Å². The summed E-state index contributed by atoms with van der Waals surface area (Å²) in [7, 11) is 0. The summed E-state index contributed by atoms with van der Waals surface area (Å²) in [6, 6.07) is 0.0492. The molecule has 3 nitrogen and oxygen atoms in total. The number of hydrogen-bond acceptors (Lipinski definition) is 2. The van der Waals surface area contributed by atoms with Gasteiger partial charge in [0.1, 0.15) is 5.82 Å². The molecule has 3 N–H and O–H groups in total. The first kappa shape index (κ1) is 10.7. The van der Waals surface area contributed by atoms with E-state index in [1.165, 1.54) is 24.2 Å². The molecule has 0 aromatic carbocycles. The molecule has 0 spiro atoms. The van der Waals surface area contributed by atoms with Gasteiger partial charge < -0.3 is 10.7 Å². The highest BCUT2D eigenvalue weighted by Gasteiger charge is 2.27. The SMILES string of the molecule is CCC1CCc2[nH]c([C@@H](N)C(C)C)nc21. The molecule has 1 aromatic rings. The molecule has 0 saturated carbocycles. The summed E-state index contributed by atoms with van der Waals surface area (Å²) in [6.45, 7) is 6.50. The van der Waals surface area contributed by atoms with E-state index in [1.807, 2.05) is 0 Å². The summed E-state index contributed by atoms with van der Waals surface area (Å²) in [5.41, 5.74) is 8.70.